The molecule has 1 amide bonds. The molecule has 110 valence electrons. The quantitative estimate of drug-likeness (QED) is 0.868. The first-order valence-electron chi connectivity index (χ1n) is 6.70. The number of amides is 1. The normalized spacial score (nSPS) is 11.8. The molecule has 0 aliphatic heterocycles. The van der Waals surface area contributed by atoms with Gasteiger partial charge in [-0.05, 0) is 39.8 Å². The van der Waals surface area contributed by atoms with E-state index in [0.29, 0.717) is 24.4 Å². The Bertz CT molecular complexity index is 495. The van der Waals surface area contributed by atoms with Crippen molar-refractivity contribution in [3.8, 4) is 5.75 Å². The zero-order chi connectivity index (χ0) is 15.3. The summed E-state index contributed by atoms with van der Waals surface area (Å²) in [5.74, 6) is -0.677. The minimum atomic E-state index is -1.00. The topological polar surface area (TPSA) is 66.8 Å². The Kier molecular flexibility index (Phi) is 5.55. The maximum Gasteiger partial charge on any atom is 0.336 e. The fourth-order valence-electron chi connectivity index (χ4n) is 2.01. The molecule has 0 fully saturated rings. The fraction of sp³-hybridized carbons (Fsp3) is 0.467. The summed E-state index contributed by atoms with van der Waals surface area (Å²) in [4.78, 5) is 24.9. The average molecular weight is 279 g/mol. The zero-order valence-electron chi connectivity index (χ0n) is 12.3. The Morgan fingerprint density at radius 2 is 1.90 bits per heavy atom. The number of carboxylic acids is 1. The SMILES string of the molecule is CCN(CC)C(=O)C(C)Oc1cccc(C(=O)O)c1C. The van der Waals surface area contributed by atoms with Gasteiger partial charge in [0.2, 0.25) is 0 Å². The van der Waals surface area contributed by atoms with E-state index >= 15 is 0 Å². The lowest BCUT2D eigenvalue weighted by molar-refractivity contribution is -0.137. The highest BCUT2D eigenvalue weighted by molar-refractivity contribution is 5.90. The van der Waals surface area contributed by atoms with Gasteiger partial charge in [-0.2, -0.15) is 0 Å². The van der Waals surface area contributed by atoms with Crippen LogP contribution in [0.4, 0.5) is 0 Å². The number of carboxylic acid groups (broad SMARTS) is 1. The van der Waals surface area contributed by atoms with E-state index < -0.39 is 12.1 Å². The molecule has 5 nitrogen and oxygen atoms in total. The first-order valence-corrected chi connectivity index (χ1v) is 6.70. The molecule has 20 heavy (non-hydrogen) atoms. The van der Waals surface area contributed by atoms with Crippen molar-refractivity contribution in [3.05, 3.63) is 29.3 Å². The van der Waals surface area contributed by atoms with Crippen LogP contribution in [0.5, 0.6) is 5.75 Å². The third kappa shape index (κ3) is 3.50. The molecule has 0 radical (unpaired) electrons. The molecule has 0 aliphatic rings. The van der Waals surface area contributed by atoms with Gasteiger partial charge in [0.1, 0.15) is 5.75 Å². The summed E-state index contributed by atoms with van der Waals surface area (Å²) in [5, 5.41) is 9.07. The molecule has 1 unspecified atom stereocenters. The van der Waals surface area contributed by atoms with E-state index in [4.69, 9.17) is 9.84 Å². The van der Waals surface area contributed by atoms with Gasteiger partial charge in [-0.25, -0.2) is 4.79 Å². The Morgan fingerprint density at radius 1 is 1.30 bits per heavy atom. The van der Waals surface area contributed by atoms with Crippen LogP contribution in [-0.4, -0.2) is 41.1 Å². The molecule has 1 aromatic carbocycles. The summed E-state index contributed by atoms with van der Waals surface area (Å²) in [6, 6.07) is 4.80. The lowest BCUT2D eigenvalue weighted by Gasteiger charge is -2.24. The van der Waals surface area contributed by atoms with Gasteiger partial charge in [-0.1, -0.05) is 6.07 Å². The number of likely N-dealkylation sites (N-methyl/N-ethyl adjacent to an activating group) is 1. The predicted molar refractivity (Wildman–Crippen MR) is 76.2 cm³/mol. The van der Waals surface area contributed by atoms with Gasteiger partial charge < -0.3 is 14.7 Å². The number of aromatic carboxylic acids is 1. The van der Waals surface area contributed by atoms with Crippen molar-refractivity contribution >= 4 is 11.9 Å². The largest absolute Gasteiger partial charge is 0.481 e. The molecule has 0 spiro atoms. The molecule has 0 heterocycles. The van der Waals surface area contributed by atoms with E-state index in [1.165, 1.54) is 6.07 Å². The van der Waals surface area contributed by atoms with Gasteiger partial charge in [-0.15, -0.1) is 0 Å². The van der Waals surface area contributed by atoms with Crippen molar-refractivity contribution in [1.29, 1.82) is 0 Å². The van der Waals surface area contributed by atoms with Crippen LogP contribution in [-0.2, 0) is 4.79 Å². The van der Waals surface area contributed by atoms with E-state index in [-0.39, 0.29) is 11.5 Å². The van der Waals surface area contributed by atoms with Gasteiger partial charge in [-0.3, -0.25) is 4.79 Å². The number of hydrogen-bond donors (Lipinski definition) is 1. The standard InChI is InChI=1S/C15H21NO4/c1-5-16(6-2)14(17)11(4)20-13-9-7-8-12(10(13)3)15(18)19/h7-9,11H,5-6H2,1-4H3,(H,18,19). The van der Waals surface area contributed by atoms with Crippen molar-refractivity contribution in [2.24, 2.45) is 0 Å². The fourth-order valence-corrected chi connectivity index (χ4v) is 2.01. The molecule has 5 heteroatoms. The van der Waals surface area contributed by atoms with Gasteiger partial charge in [0.05, 0.1) is 5.56 Å². The van der Waals surface area contributed by atoms with Crippen LogP contribution in [0.15, 0.2) is 18.2 Å². The molecular weight excluding hydrogens is 258 g/mol. The average Bonchev–Trinajstić information content (AvgIpc) is 2.41. The van der Waals surface area contributed by atoms with Crippen LogP contribution >= 0.6 is 0 Å². The number of carbonyl (C=O) groups excluding carboxylic acids is 1. The Hall–Kier alpha value is -2.04. The maximum atomic E-state index is 12.1. The Labute approximate surface area is 119 Å². The monoisotopic (exact) mass is 279 g/mol. The number of ether oxygens (including phenoxy) is 1. The van der Waals surface area contributed by atoms with Gasteiger partial charge in [0, 0.05) is 18.7 Å². The summed E-state index contributed by atoms with van der Waals surface area (Å²) >= 11 is 0. The van der Waals surface area contributed by atoms with Crippen molar-refractivity contribution in [2.45, 2.75) is 33.8 Å². The van der Waals surface area contributed by atoms with E-state index in [0.717, 1.165) is 0 Å². The van der Waals surface area contributed by atoms with Crippen LogP contribution in [0, 0.1) is 6.92 Å². The van der Waals surface area contributed by atoms with Crippen LogP contribution in [0.25, 0.3) is 0 Å². The smallest absolute Gasteiger partial charge is 0.336 e. The molecule has 1 aromatic rings. The minimum Gasteiger partial charge on any atom is -0.481 e. The molecule has 0 bridgehead atoms. The first-order chi connectivity index (χ1) is 9.42. The molecule has 0 saturated carbocycles. The Balaban J connectivity index is 2.91. The second kappa shape index (κ2) is 6.93. The summed E-state index contributed by atoms with van der Waals surface area (Å²) in [7, 11) is 0. The third-order valence-corrected chi connectivity index (χ3v) is 3.24. The van der Waals surface area contributed by atoms with Crippen LogP contribution in [0.1, 0.15) is 36.7 Å². The second-order valence-electron chi connectivity index (χ2n) is 4.50. The summed E-state index contributed by atoms with van der Waals surface area (Å²) in [6.45, 7) is 8.41. The summed E-state index contributed by atoms with van der Waals surface area (Å²) in [6.07, 6.45) is -0.641. The molecule has 0 aromatic heterocycles. The lowest BCUT2D eigenvalue weighted by atomic mass is 10.1. The molecule has 0 saturated heterocycles. The number of benzene rings is 1. The third-order valence-electron chi connectivity index (χ3n) is 3.24. The summed E-state index contributed by atoms with van der Waals surface area (Å²) in [5.41, 5.74) is 0.712. The number of nitrogens with zero attached hydrogens (tertiary/aromatic N) is 1. The van der Waals surface area contributed by atoms with Crippen molar-refractivity contribution in [1.82, 2.24) is 4.90 Å². The highest BCUT2D eigenvalue weighted by Crippen LogP contribution is 2.22. The van der Waals surface area contributed by atoms with Crippen LogP contribution in [0.2, 0.25) is 0 Å². The van der Waals surface area contributed by atoms with Crippen molar-refractivity contribution in [2.75, 3.05) is 13.1 Å². The van der Waals surface area contributed by atoms with Gasteiger partial charge >= 0.3 is 5.97 Å². The van der Waals surface area contributed by atoms with Crippen LogP contribution < -0.4 is 4.74 Å². The maximum absolute atomic E-state index is 12.1. The number of rotatable bonds is 6. The van der Waals surface area contributed by atoms with Crippen LogP contribution in [0.3, 0.4) is 0 Å². The van der Waals surface area contributed by atoms with E-state index in [1.54, 1.807) is 30.9 Å². The molecule has 1 atom stereocenters. The van der Waals surface area contributed by atoms with E-state index in [2.05, 4.69) is 0 Å². The predicted octanol–water partition coefficient (Wildman–Crippen LogP) is 2.33. The minimum absolute atomic E-state index is 0.102. The first kappa shape index (κ1) is 16.0. The number of hydrogen-bond acceptors (Lipinski definition) is 3. The summed E-state index contributed by atoms with van der Waals surface area (Å²) < 4.78 is 5.63. The van der Waals surface area contributed by atoms with Gasteiger partial charge in [0.25, 0.3) is 5.91 Å². The van der Waals surface area contributed by atoms with Crippen molar-refractivity contribution in [3.63, 3.8) is 0 Å². The molecule has 1 N–H and O–H groups in total. The molecule has 0 aliphatic carbocycles. The second-order valence-corrected chi connectivity index (χ2v) is 4.50. The van der Waals surface area contributed by atoms with E-state index in [1.807, 2.05) is 13.8 Å². The lowest BCUT2D eigenvalue weighted by Crippen LogP contribution is -2.40. The van der Waals surface area contributed by atoms with E-state index in [9.17, 15) is 9.59 Å². The highest BCUT2D eigenvalue weighted by atomic mass is 16.5. The van der Waals surface area contributed by atoms with Gasteiger partial charge in [0.15, 0.2) is 6.10 Å². The molecule has 1 rings (SSSR count). The number of carbonyl (C=O) groups is 2. The molecular formula is C15H21NO4. The van der Waals surface area contributed by atoms with Crippen molar-refractivity contribution < 1.29 is 19.4 Å². The highest BCUT2D eigenvalue weighted by Gasteiger charge is 2.21. The zero-order valence-corrected chi connectivity index (χ0v) is 12.3. The Morgan fingerprint density at radius 3 is 2.40 bits per heavy atom.